The molecule has 1 aliphatic rings. The number of rotatable bonds is 1. The first kappa shape index (κ1) is 19.3. The van der Waals surface area contributed by atoms with Gasteiger partial charge in [0.15, 0.2) is 0 Å². The molecule has 0 radical (unpaired) electrons. The summed E-state index contributed by atoms with van der Waals surface area (Å²) >= 11 is 0. The molecule has 1 aromatic carbocycles. The number of hydrogen-bond donors (Lipinski definition) is 3. The summed E-state index contributed by atoms with van der Waals surface area (Å²) in [7, 11) is 1.48. The Bertz CT molecular complexity index is 625. The van der Waals surface area contributed by atoms with Crippen LogP contribution in [0, 0.1) is 0 Å². The van der Waals surface area contributed by atoms with Gasteiger partial charge in [-0.2, -0.15) is 0 Å². The third kappa shape index (κ3) is 5.21. The fraction of sp³-hybridized carbons (Fsp3) is 0.526. The van der Waals surface area contributed by atoms with Gasteiger partial charge in [0.25, 0.3) is 0 Å². The van der Waals surface area contributed by atoms with Gasteiger partial charge in [-0.3, -0.25) is 0 Å². The van der Waals surface area contributed by atoms with Crippen LogP contribution in [0.3, 0.4) is 0 Å². The van der Waals surface area contributed by atoms with E-state index >= 15 is 0 Å². The maximum Gasteiger partial charge on any atom is 0.342 e. The average molecular weight is 350 g/mol. The zero-order valence-corrected chi connectivity index (χ0v) is 14.6. The number of phenolic OH excluding ortho intramolecular Hbond substituents is 1. The predicted octanol–water partition coefficient (Wildman–Crippen LogP) is 2.65. The van der Waals surface area contributed by atoms with Crippen molar-refractivity contribution in [3.8, 4) is 11.5 Å². The highest BCUT2D eigenvalue weighted by Crippen LogP contribution is 2.30. The molecule has 6 heteroatoms. The third-order valence-electron chi connectivity index (χ3n) is 4.35. The number of carbonyl (C=O) groups excluding carboxylic acids is 1. The number of fused-ring (bicyclic) bond motifs is 1. The van der Waals surface area contributed by atoms with Crippen LogP contribution in [0.15, 0.2) is 18.2 Å². The Morgan fingerprint density at radius 2 is 1.88 bits per heavy atom. The molecular formula is C19H26O6. The van der Waals surface area contributed by atoms with Gasteiger partial charge in [-0.25, -0.2) is 4.79 Å². The SMILES string of the molecule is COc1cc(O)c2c(c1)/C=C/CC[C@H](O)[C@@H](O)CCC[C@H](C)OC2=O. The number of aliphatic hydroxyl groups is 2. The van der Waals surface area contributed by atoms with Gasteiger partial charge in [-0.05, 0) is 50.7 Å². The molecule has 0 bridgehead atoms. The Hall–Kier alpha value is -2.05. The number of aromatic hydroxyl groups is 1. The van der Waals surface area contributed by atoms with E-state index in [0.717, 1.165) is 0 Å². The second kappa shape index (κ2) is 8.87. The molecule has 0 saturated heterocycles. The number of esters is 1. The van der Waals surface area contributed by atoms with Gasteiger partial charge >= 0.3 is 5.97 Å². The number of cyclic esters (lactones) is 1. The minimum absolute atomic E-state index is 0.0987. The van der Waals surface area contributed by atoms with Gasteiger partial charge in [0.2, 0.25) is 0 Å². The Balaban J connectivity index is 2.35. The zero-order chi connectivity index (χ0) is 18.4. The summed E-state index contributed by atoms with van der Waals surface area (Å²) in [5, 5.41) is 30.2. The van der Waals surface area contributed by atoms with Crippen molar-refractivity contribution in [3.05, 3.63) is 29.3 Å². The van der Waals surface area contributed by atoms with Gasteiger partial charge in [-0.1, -0.05) is 12.2 Å². The van der Waals surface area contributed by atoms with E-state index in [9.17, 15) is 20.1 Å². The molecular weight excluding hydrogens is 324 g/mol. The fourth-order valence-electron chi connectivity index (χ4n) is 2.87. The molecule has 25 heavy (non-hydrogen) atoms. The normalized spacial score (nSPS) is 26.9. The van der Waals surface area contributed by atoms with E-state index in [1.807, 2.05) is 0 Å². The predicted molar refractivity (Wildman–Crippen MR) is 93.7 cm³/mol. The molecule has 2 rings (SSSR count). The average Bonchev–Trinajstić information content (AvgIpc) is 2.56. The van der Waals surface area contributed by atoms with E-state index < -0.39 is 18.2 Å². The molecule has 0 amide bonds. The monoisotopic (exact) mass is 350 g/mol. The lowest BCUT2D eigenvalue weighted by molar-refractivity contribution is 0.00511. The summed E-state index contributed by atoms with van der Waals surface area (Å²) in [6, 6.07) is 3.02. The van der Waals surface area contributed by atoms with Crippen molar-refractivity contribution in [2.24, 2.45) is 0 Å². The largest absolute Gasteiger partial charge is 0.507 e. The smallest absolute Gasteiger partial charge is 0.342 e. The molecule has 0 saturated carbocycles. The van der Waals surface area contributed by atoms with Gasteiger partial charge in [0.1, 0.15) is 17.1 Å². The lowest BCUT2D eigenvalue weighted by atomic mass is 10.00. The Morgan fingerprint density at radius 1 is 1.16 bits per heavy atom. The first-order chi connectivity index (χ1) is 11.9. The summed E-state index contributed by atoms with van der Waals surface area (Å²) < 4.78 is 10.6. The highest BCUT2D eigenvalue weighted by molar-refractivity contribution is 5.97. The maximum atomic E-state index is 12.5. The summed E-state index contributed by atoms with van der Waals surface area (Å²) in [4.78, 5) is 12.5. The summed E-state index contributed by atoms with van der Waals surface area (Å²) in [6.07, 6.45) is 4.14. The van der Waals surface area contributed by atoms with E-state index in [-0.39, 0.29) is 17.4 Å². The summed E-state index contributed by atoms with van der Waals surface area (Å²) in [6.45, 7) is 1.77. The second-order valence-electron chi connectivity index (χ2n) is 6.37. The lowest BCUT2D eigenvalue weighted by Crippen LogP contribution is -2.26. The fourth-order valence-corrected chi connectivity index (χ4v) is 2.87. The topological polar surface area (TPSA) is 96.2 Å². The van der Waals surface area contributed by atoms with Crippen molar-refractivity contribution >= 4 is 12.0 Å². The molecule has 0 spiro atoms. The number of carbonyl (C=O) groups is 1. The van der Waals surface area contributed by atoms with Crippen molar-refractivity contribution < 1.29 is 29.6 Å². The number of allylic oxidation sites excluding steroid dienone is 1. The van der Waals surface area contributed by atoms with Crippen LogP contribution < -0.4 is 4.74 Å². The molecule has 3 N–H and O–H groups in total. The molecule has 1 aromatic rings. The number of hydrogen-bond acceptors (Lipinski definition) is 6. The van der Waals surface area contributed by atoms with Crippen LogP contribution in [-0.2, 0) is 4.74 Å². The van der Waals surface area contributed by atoms with Crippen molar-refractivity contribution in [1.82, 2.24) is 0 Å². The summed E-state index contributed by atoms with van der Waals surface area (Å²) in [5.74, 6) is -0.359. The zero-order valence-electron chi connectivity index (χ0n) is 14.6. The number of ether oxygens (including phenoxy) is 2. The highest BCUT2D eigenvalue weighted by atomic mass is 16.5. The van der Waals surface area contributed by atoms with Crippen LogP contribution in [-0.4, -0.2) is 46.7 Å². The number of methoxy groups -OCH3 is 1. The van der Waals surface area contributed by atoms with Gasteiger partial charge in [0, 0.05) is 6.07 Å². The van der Waals surface area contributed by atoms with Gasteiger partial charge < -0.3 is 24.8 Å². The van der Waals surface area contributed by atoms with E-state index in [0.29, 0.717) is 43.4 Å². The molecule has 0 aromatic heterocycles. The number of benzene rings is 1. The second-order valence-corrected chi connectivity index (χ2v) is 6.37. The van der Waals surface area contributed by atoms with Crippen molar-refractivity contribution in [3.63, 3.8) is 0 Å². The van der Waals surface area contributed by atoms with Crippen LogP contribution in [0.4, 0.5) is 0 Å². The van der Waals surface area contributed by atoms with Crippen LogP contribution in [0.5, 0.6) is 11.5 Å². The molecule has 0 fully saturated rings. The molecule has 0 unspecified atom stereocenters. The molecule has 0 aliphatic carbocycles. The minimum atomic E-state index is -0.788. The van der Waals surface area contributed by atoms with Crippen molar-refractivity contribution in [2.75, 3.05) is 7.11 Å². The Kier molecular flexibility index (Phi) is 6.84. The lowest BCUT2D eigenvalue weighted by Gasteiger charge is -2.20. The van der Waals surface area contributed by atoms with E-state index in [1.54, 1.807) is 25.1 Å². The third-order valence-corrected chi connectivity index (χ3v) is 4.35. The quantitative estimate of drug-likeness (QED) is 0.674. The maximum absolute atomic E-state index is 12.5. The molecule has 6 nitrogen and oxygen atoms in total. The van der Waals surface area contributed by atoms with E-state index in [4.69, 9.17) is 9.47 Å². The first-order valence-electron chi connectivity index (χ1n) is 8.57. The molecule has 1 heterocycles. The van der Waals surface area contributed by atoms with Crippen LogP contribution in [0.1, 0.15) is 54.9 Å². The molecule has 138 valence electrons. The molecule has 1 aliphatic heterocycles. The standard InChI is InChI=1S/C19H26O6/c1-12-6-5-9-16(21)15(20)8-4-3-7-13-10-14(24-2)11-17(22)18(13)19(23)25-12/h3,7,10-12,15-16,20-22H,4-6,8-9H2,1-2H3/b7-3+/t12-,15-,16-/m0/s1. The van der Waals surface area contributed by atoms with Crippen LogP contribution >= 0.6 is 0 Å². The van der Waals surface area contributed by atoms with E-state index in [2.05, 4.69) is 0 Å². The summed E-state index contributed by atoms with van der Waals surface area (Å²) in [5.41, 5.74) is 0.586. The number of aliphatic hydroxyl groups excluding tert-OH is 2. The van der Waals surface area contributed by atoms with Gasteiger partial charge in [-0.15, -0.1) is 0 Å². The van der Waals surface area contributed by atoms with Crippen LogP contribution in [0.25, 0.3) is 6.08 Å². The minimum Gasteiger partial charge on any atom is -0.507 e. The molecule has 3 atom stereocenters. The van der Waals surface area contributed by atoms with E-state index in [1.165, 1.54) is 13.2 Å². The van der Waals surface area contributed by atoms with Crippen molar-refractivity contribution in [1.29, 1.82) is 0 Å². The van der Waals surface area contributed by atoms with Crippen molar-refractivity contribution in [2.45, 2.75) is 57.3 Å². The van der Waals surface area contributed by atoms with Crippen LogP contribution in [0.2, 0.25) is 0 Å². The van der Waals surface area contributed by atoms with Gasteiger partial charge in [0.05, 0.1) is 25.4 Å². The Labute approximate surface area is 147 Å². The Morgan fingerprint density at radius 3 is 2.60 bits per heavy atom. The first-order valence-corrected chi connectivity index (χ1v) is 8.57. The number of phenols is 1. The highest BCUT2D eigenvalue weighted by Gasteiger charge is 2.22.